The van der Waals surface area contributed by atoms with Crippen LogP contribution in [0.1, 0.15) is 5.56 Å². The molecule has 2 rings (SSSR count). The number of methoxy groups -OCH3 is 1. The zero-order valence-corrected chi connectivity index (χ0v) is 10.1. The molecule has 0 unspecified atom stereocenters. The van der Waals surface area contributed by atoms with Gasteiger partial charge < -0.3 is 10.1 Å². The quantitative estimate of drug-likeness (QED) is 0.852. The summed E-state index contributed by atoms with van der Waals surface area (Å²) in [5, 5.41) is 7.44. The van der Waals surface area contributed by atoms with E-state index >= 15 is 0 Å². The van der Waals surface area contributed by atoms with E-state index < -0.39 is 0 Å². The summed E-state index contributed by atoms with van der Waals surface area (Å²) in [6.45, 7) is 3.62. The summed E-state index contributed by atoms with van der Waals surface area (Å²) in [5.41, 5.74) is 1.17. The lowest BCUT2D eigenvalue weighted by atomic mass is 10.4. The van der Waals surface area contributed by atoms with Crippen LogP contribution in [0.15, 0.2) is 30.6 Å². The lowest BCUT2D eigenvalue weighted by Gasteiger charge is -2.06. The van der Waals surface area contributed by atoms with Crippen LogP contribution in [0.5, 0.6) is 5.88 Å². The fraction of sp³-hybridized carbons (Fsp3) is 0.333. The molecule has 17 heavy (non-hydrogen) atoms. The first kappa shape index (κ1) is 11.4. The Morgan fingerprint density at radius 3 is 3.00 bits per heavy atom. The third kappa shape index (κ3) is 3.21. The standard InChI is InChI=1S/C12H16N4O/c1-10-8-14-16(9-10)7-6-13-11-4-3-5-12(15-11)17-2/h3-5,8-9H,6-7H2,1-2H3,(H,13,15). The van der Waals surface area contributed by atoms with Crippen LogP contribution in [0.25, 0.3) is 0 Å². The van der Waals surface area contributed by atoms with E-state index in [-0.39, 0.29) is 0 Å². The van der Waals surface area contributed by atoms with Crippen LogP contribution in [0.3, 0.4) is 0 Å². The van der Waals surface area contributed by atoms with Gasteiger partial charge in [0.15, 0.2) is 0 Å². The van der Waals surface area contributed by atoms with E-state index in [9.17, 15) is 0 Å². The van der Waals surface area contributed by atoms with Crippen molar-refractivity contribution in [3.05, 3.63) is 36.2 Å². The molecule has 1 N–H and O–H groups in total. The Kier molecular flexibility index (Phi) is 3.59. The molecule has 0 spiro atoms. The van der Waals surface area contributed by atoms with E-state index in [0.29, 0.717) is 5.88 Å². The lowest BCUT2D eigenvalue weighted by Crippen LogP contribution is -2.11. The van der Waals surface area contributed by atoms with Crippen LogP contribution in [-0.4, -0.2) is 28.4 Å². The lowest BCUT2D eigenvalue weighted by molar-refractivity contribution is 0.398. The second-order valence-corrected chi connectivity index (χ2v) is 3.77. The molecule has 0 atom stereocenters. The highest BCUT2D eigenvalue weighted by Crippen LogP contribution is 2.10. The van der Waals surface area contributed by atoms with Gasteiger partial charge in [0.05, 0.1) is 19.9 Å². The number of rotatable bonds is 5. The number of aryl methyl sites for hydroxylation is 1. The van der Waals surface area contributed by atoms with E-state index in [1.807, 2.05) is 42.2 Å². The molecule has 2 heterocycles. The van der Waals surface area contributed by atoms with Crippen LogP contribution in [-0.2, 0) is 6.54 Å². The van der Waals surface area contributed by atoms with Crippen LogP contribution in [0, 0.1) is 6.92 Å². The molecule has 0 aliphatic carbocycles. The number of nitrogens with zero attached hydrogens (tertiary/aromatic N) is 3. The first-order valence-corrected chi connectivity index (χ1v) is 5.52. The number of anilines is 1. The van der Waals surface area contributed by atoms with Crippen LogP contribution in [0.4, 0.5) is 5.82 Å². The molecule has 0 saturated heterocycles. The summed E-state index contributed by atoms with van der Waals surface area (Å²) in [6, 6.07) is 5.64. The van der Waals surface area contributed by atoms with E-state index in [2.05, 4.69) is 15.4 Å². The minimum absolute atomic E-state index is 0.616. The van der Waals surface area contributed by atoms with Crippen molar-refractivity contribution in [3.8, 4) is 5.88 Å². The largest absolute Gasteiger partial charge is 0.481 e. The molecule has 2 aromatic heterocycles. The number of hydrogen-bond donors (Lipinski definition) is 1. The Labute approximate surface area is 100 Å². The topological polar surface area (TPSA) is 52.0 Å². The number of hydrogen-bond acceptors (Lipinski definition) is 4. The summed E-state index contributed by atoms with van der Waals surface area (Å²) in [5.74, 6) is 1.43. The summed E-state index contributed by atoms with van der Waals surface area (Å²) in [4.78, 5) is 4.26. The fourth-order valence-corrected chi connectivity index (χ4v) is 1.51. The minimum atomic E-state index is 0.616. The third-order valence-corrected chi connectivity index (χ3v) is 2.34. The van der Waals surface area contributed by atoms with Gasteiger partial charge >= 0.3 is 0 Å². The predicted molar refractivity (Wildman–Crippen MR) is 66.2 cm³/mol. The van der Waals surface area contributed by atoms with Crippen molar-refractivity contribution in [2.75, 3.05) is 19.0 Å². The maximum atomic E-state index is 5.05. The first-order valence-electron chi connectivity index (χ1n) is 5.52. The highest BCUT2D eigenvalue weighted by molar-refractivity contribution is 5.36. The average Bonchev–Trinajstić information content (AvgIpc) is 2.75. The number of pyridine rings is 1. The second-order valence-electron chi connectivity index (χ2n) is 3.77. The van der Waals surface area contributed by atoms with Gasteiger partial charge in [-0.3, -0.25) is 4.68 Å². The van der Waals surface area contributed by atoms with Gasteiger partial charge in [-0.25, -0.2) is 0 Å². The van der Waals surface area contributed by atoms with E-state index in [4.69, 9.17) is 4.74 Å². The van der Waals surface area contributed by atoms with Crippen LogP contribution in [0.2, 0.25) is 0 Å². The van der Waals surface area contributed by atoms with Crippen molar-refractivity contribution in [2.45, 2.75) is 13.5 Å². The van der Waals surface area contributed by atoms with Crippen molar-refractivity contribution in [3.63, 3.8) is 0 Å². The highest BCUT2D eigenvalue weighted by Gasteiger charge is 1.97. The Morgan fingerprint density at radius 2 is 2.29 bits per heavy atom. The molecule has 0 aliphatic heterocycles. The second kappa shape index (κ2) is 5.34. The van der Waals surface area contributed by atoms with E-state index in [1.165, 1.54) is 5.56 Å². The van der Waals surface area contributed by atoms with Gasteiger partial charge in [0.2, 0.25) is 5.88 Å². The van der Waals surface area contributed by atoms with Gasteiger partial charge in [-0.2, -0.15) is 10.1 Å². The minimum Gasteiger partial charge on any atom is -0.481 e. The SMILES string of the molecule is COc1cccc(NCCn2cc(C)cn2)n1. The normalized spacial score (nSPS) is 10.2. The van der Waals surface area contributed by atoms with Gasteiger partial charge in [0.1, 0.15) is 5.82 Å². The monoisotopic (exact) mass is 232 g/mol. The molecular weight excluding hydrogens is 216 g/mol. The summed E-state index contributed by atoms with van der Waals surface area (Å²) < 4.78 is 6.96. The zero-order chi connectivity index (χ0) is 12.1. The molecule has 5 heteroatoms. The Bertz CT molecular complexity index is 481. The van der Waals surface area contributed by atoms with Crippen molar-refractivity contribution < 1.29 is 4.74 Å². The maximum Gasteiger partial charge on any atom is 0.214 e. The molecule has 0 fully saturated rings. The molecule has 0 aromatic carbocycles. The van der Waals surface area contributed by atoms with Crippen molar-refractivity contribution >= 4 is 5.82 Å². The van der Waals surface area contributed by atoms with Crippen molar-refractivity contribution in [1.29, 1.82) is 0 Å². The Morgan fingerprint density at radius 1 is 1.41 bits per heavy atom. The molecule has 90 valence electrons. The predicted octanol–water partition coefficient (Wildman–Crippen LogP) is 1.71. The van der Waals surface area contributed by atoms with Gasteiger partial charge in [-0.1, -0.05) is 6.07 Å². The maximum absolute atomic E-state index is 5.05. The average molecular weight is 232 g/mol. The summed E-state index contributed by atoms with van der Waals surface area (Å²) >= 11 is 0. The van der Waals surface area contributed by atoms with Crippen LogP contribution >= 0.6 is 0 Å². The van der Waals surface area contributed by atoms with Gasteiger partial charge in [0, 0.05) is 18.8 Å². The smallest absolute Gasteiger partial charge is 0.214 e. The molecule has 0 radical (unpaired) electrons. The van der Waals surface area contributed by atoms with Gasteiger partial charge in [-0.15, -0.1) is 0 Å². The Balaban J connectivity index is 1.85. The first-order chi connectivity index (χ1) is 8.28. The highest BCUT2D eigenvalue weighted by atomic mass is 16.5. The summed E-state index contributed by atoms with van der Waals surface area (Å²) in [6.07, 6.45) is 3.87. The van der Waals surface area contributed by atoms with Gasteiger partial charge in [-0.05, 0) is 18.6 Å². The van der Waals surface area contributed by atoms with Crippen molar-refractivity contribution in [1.82, 2.24) is 14.8 Å². The zero-order valence-electron chi connectivity index (χ0n) is 10.1. The van der Waals surface area contributed by atoms with E-state index in [0.717, 1.165) is 18.9 Å². The number of ether oxygens (including phenoxy) is 1. The molecule has 0 amide bonds. The number of aromatic nitrogens is 3. The third-order valence-electron chi connectivity index (χ3n) is 2.34. The molecule has 0 aliphatic rings. The molecule has 0 bridgehead atoms. The fourth-order valence-electron chi connectivity index (χ4n) is 1.51. The molecule has 5 nitrogen and oxygen atoms in total. The molecular formula is C12H16N4O. The van der Waals surface area contributed by atoms with E-state index in [1.54, 1.807) is 7.11 Å². The summed E-state index contributed by atoms with van der Waals surface area (Å²) in [7, 11) is 1.61. The Hall–Kier alpha value is -2.04. The molecule has 0 saturated carbocycles. The van der Waals surface area contributed by atoms with Crippen molar-refractivity contribution in [2.24, 2.45) is 0 Å². The molecule has 2 aromatic rings. The van der Waals surface area contributed by atoms with Crippen LogP contribution < -0.4 is 10.1 Å². The van der Waals surface area contributed by atoms with Gasteiger partial charge in [0.25, 0.3) is 0 Å². The number of nitrogens with one attached hydrogen (secondary N) is 1.